The minimum absolute atomic E-state index is 0.220. The lowest BCUT2D eigenvalue weighted by molar-refractivity contribution is 0.0139. The summed E-state index contributed by atoms with van der Waals surface area (Å²) in [7, 11) is 1.63. The Morgan fingerprint density at radius 3 is 2.48 bits per heavy atom. The van der Waals surface area contributed by atoms with E-state index in [1.54, 1.807) is 9.12 Å². The second-order valence-electron chi connectivity index (χ2n) is 11.3. The minimum Gasteiger partial charge on any atom is -0.444 e. The van der Waals surface area contributed by atoms with Crippen molar-refractivity contribution in [3.05, 3.63) is 78.8 Å². The average Bonchev–Trinajstić information content (AvgIpc) is 3.56. The summed E-state index contributed by atoms with van der Waals surface area (Å²) >= 11 is 2.31. The van der Waals surface area contributed by atoms with Gasteiger partial charge in [0.25, 0.3) is 0 Å². The number of H-pyrrole nitrogens is 1. The molecule has 1 saturated heterocycles. The molecule has 0 saturated carbocycles. The molecule has 0 atom stereocenters. The molecular formula is C31H32IN5O2S. The van der Waals surface area contributed by atoms with Crippen LogP contribution >= 0.6 is 30.3 Å². The molecule has 9 heteroatoms. The third-order valence-electron chi connectivity index (χ3n) is 7.27. The molecule has 7 nitrogen and oxygen atoms in total. The Morgan fingerprint density at radius 1 is 1.00 bits per heavy atom. The molecule has 0 unspecified atom stereocenters. The highest BCUT2D eigenvalue weighted by Crippen LogP contribution is 2.37. The Kier molecular flexibility index (Phi) is 7.54. The first-order valence-electron chi connectivity index (χ1n) is 13.4. The number of ether oxygens (including phenoxy) is 1. The van der Waals surface area contributed by atoms with Crippen molar-refractivity contribution in [3.8, 4) is 22.3 Å². The smallest absolute Gasteiger partial charge is 0.410 e. The van der Waals surface area contributed by atoms with Gasteiger partial charge in [-0.3, -0.25) is 8.87 Å². The van der Waals surface area contributed by atoms with Gasteiger partial charge in [-0.25, -0.2) is 9.78 Å². The fraction of sp³-hybridized carbons (Fsp3) is 0.290. The fourth-order valence-corrected chi connectivity index (χ4v) is 6.47. The van der Waals surface area contributed by atoms with Crippen LogP contribution in [0.15, 0.2) is 73.2 Å². The van der Waals surface area contributed by atoms with E-state index in [-0.39, 0.29) is 6.09 Å². The summed E-state index contributed by atoms with van der Waals surface area (Å²) in [6.07, 6.45) is 5.90. The van der Waals surface area contributed by atoms with Crippen molar-refractivity contribution in [1.29, 1.82) is 0 Å². The molecule has 0 radical (unpaired) electrons. The Labute approximate surface area is 250 Å². The first-order valence-corrected chi connectivity index (χ1v) is 16.8. The lowest BCUT2D eigenvalue weighted by atomic mass is 10.0. The normalized spacial score (nSPS) is 14.8. The van der Waals surface area contributed by atoms with Gasteiger partial charge in [-0.1, -0.05) is 30.3 Å². The number of nitrogens with one attached hydrogen (secondary N) is 1. The summed E-state index contributed by atoms with van der Waals surface area (Å²) in [5.74, 6) is 0. The van der Waals surface area contributed by atoms with Crippen LogP contribution in [-0.4, -0.2) is 61.6 Å². The van der Waals surface area contributed by atoms with Gasteiger partial charge in [0.15, 0.2) is 5.65 Å². The van der Waals surface area contributed by atoms with E-state index < -0.39 is 5.60 Å². The molecule has 1 fully saturated rings. The van der Waals surface area contributed by atoms with Crippen molar-refractivity contribution in [3.63, 3.8) is 0 Å². The van der Waals surface area contributed by atoms with Crippen LogP contribution in [0.4, 0.5) is 4.79 Å². The van der Waals surface area contributed by atoms with E-state index in [4.69, 9.17) is 9.72 Å². The van der Waals surface area contributed by atoms with Crippen LogP contribution in [0.2, 0.25) is 0 Å². The number of hydrogen-bond donors (Lipinski definition) is 1. The first-order chi connectivity index (χ1) is 19.3. The Bertz CT molecular complexity index is 1660. The zero-order chi connectivity index (χ0) is 27.9. The number of benzene rings is 2. The molecule has 0 spiro atoms. The zero-order valence-electron chi connectivity index (χ0n) is 22.9. The quantitative estimate of drug-likeness (QED) is 0.195. The molecule has 0 aliphatic carbocycles. The van der Waals surface area contributed by atoms with Crippen molar-refractivity contribution in [2.75, 3.05) is 26.2 Å². The number of aromatic nitrogens is 3. The van der Waals surface area contributed by atoms with Crippen molar-refractivity contribution in [2.45, 2.75) is 32.9 Å². The third-order valence-corrected chi connectivity index (χ3v) is 8.97. The van der Waals surface area contributed by atoms with E-state index in [1.165, 1.54) is 22.1 Å². The molecule has 1 amide bonds. The second-order valence-corrected chi connectivity index (χ2v) is 13.0. The number of nitrogens with zero attached hydrogens (tertiary/aromatic N) is 4. The number of fused-ring (bicyclic) bond motifs is 2. The predicted octanol–water partition coefficient (Wildman–Crippen LogP) is 7.75. The number of hydrogen-bond acceptors (Lipinski definition) is 5. The van der Waals surface area contributed by atoms with Gasteiger partial charge in [0.2, 0.25) is 0 Å². The van der Waals surface area contributed by atoms with E-state index in [0.717, 1.165) is 47.3 Å². The first kappa shape index (κ1) is 27.2. The van der Waals surface area contributed by atoms with Gasteiger partial charge >= 0.3 is 6.09 Å². The van der Waals surface area contributed by atoms with Crippen molar-refractivity contribution in [2.24, 2.45) is 0 Å². The highest BCUT2D eigenvalue weighted by molar-refractivity contribution is 14.2. The molecular weight excluding hydrogens is 633 g/mol. The average molecular weight is 666 g/mol. The van der Waals surface area contributed by atoms with Crippen LogP contribution in [0.25, 0.3) is 44.2 Å². The van der Waals surface area contributed by atoms with Gasteiger partial charge < -0.3 is 14.6 Å². The number of pyridine rings is 1. The fourth-order valence-electron chi connectivity index (χ4n) is 5.22. The lowest BCUT2D eigenvalue weighted by Gasteiger charge is -2.35. The highest BCUT2D eigenvalue weighted by atomic mass is 127. The SMILES string of the molecule is CC(C)(C)OC(=O)N1CCN(Cc2ccc(-c3cnc4c(c3)c(-c3ccc5[nH]ccc5c3)cn4SI)cc2)CC1. The van der Waals surface area contributed by atoms with Crippen LogP contribution in [0.3, 0.4) is 0 Å². The number of halogens is 1. The van der Waals surface area contributed by atoms with Crippen LogP contribution < -0.4 is 0 Å². The number of rotatable bonds is 5. The predicted molar refractivity (Wildman–Crippen MR) is 173 cm³/mol. The largest absolute Gasteiger partial charge is 0.444 e. The van der Waals surface area contributed by atoms with E-state index in [0.29, 0.717) is 13.1 Å². The van der Waals surface area contributed by atoms with Crippen LogP contribution in [0.5, 0.6) is 0 Å². The van der Waals surface area contributed by atoms with Crippen LogP contribution in [-0.2, 0) is 11.3 Å². The Hall–Kier alpha value is -3.02. The van der Waals surface area contributed by atoms with Crippen molar-refractivity contribution < 1.29 is 9.53 Å². The molecule has 1 aliphatic heterocycles. The van der Waals surface area contributed by atoms with Gasteiger partial charge in [-0.2, -0.15) is 0 Å². The maximum absolute atomic E-state index is 12.4. The number of amides is 1. The number of carbonyl (C=O) groups excluding carboxylic acids is 1. The molecule has 40 heavy (non-hydrogen) atoms. The second kappa shape index (κ2) is 11.1. The molecule has 2 aromatic carbocycles. The van der Waals surface area contributed by atoms with E-state index >= 15 is 0 Å². The van der Waals surface area contributed by atoms with Crippen LogP contribution in [0.1, 0.15) is 26.3 Å². The van der Waals surface area contributed by atoms with Gasteiger partial charge in [-0.05, 0) is 67.1 Å². The maximum Gasteiger partial charge on any atom is 0.410 e. The maximum atomic E-state index is 12.4. The molecule has 3 aromatic heterocycles. The zero-order valence-corrected chi connectivity index (χ0v) is 25.8. The van der Waals surface area contributed by atoms with E-state index in [1.807, 2.05) is 38.1 Å². The highest BCUT2D eigenvalue weighted by Gasteiger charge is 2.25. The molecule has 1 N–H and O–H groups in total. The molecule has 206 valence electrons. The molecule has 6 rings (SSSR count). The Morgan fingerprint density at radius 2 is 1.75 bits per heavy atom. The van der Waals surface area contributed by atoms with Crippen molar-refractivity contribution >= 4 is 58.4 Å². The minimum atomic E-state index is -0.465. The third kappa shape index (κ3) is 5.73. The molecule has 0 bridgehead atoms. The monoisotopic (exact) mass is 665 g/mol. The number of carbonyl (C=O) groups is 1. The van der Waals surface area contributed by atoms with Crippen LogP contribution in [0, 0.1) is 0 Å². The molecule has 5 aromatic rings. The summed E-state index contributed by atoms with van der Waals surface area (Å²) < 4.78 is 7.65. The van der Waals surface area contributed by atoms with E-state index in [2.05, 4.69) is 95.9 Å². The van der Waals surface area contributed by atoms with Gasteiger partial charge in [0.05, 0.1) is 0 Å². The van der Waals surface area contributed by atoms with Gasteiger partial charge in [0, 0.05) is 104 Å². The number of aromatic amines is 1. The summed E-state index contributed by atoms with van der Waals surface area (Å²) in [5, 5.41) is 2.34. The van der Waals surface area contributed by atoms with Gasteiger partial charge in [0.1, 0.15) is 5.60 Å². The summed E-state index contributed by atoms with van der Waals surface area (Å²) in [6.45, 7) is 9.63. The summed E-state index contributed by atoms with van der Waals surface area (Å²) in [6, 6.07) is 19.7. The lowest BCUT2D eigenvalue weighted by Crippen LogP contribution is -2.49. The Balaban J connectivity index is 1.18. The standard InChI is InChI=1S/C31H32IN5O2S/c1-31(2,3)39-30(38)36-14-12-35(13-15-36)19-21-4-6-22(7-5-21)25-17-26-27(20-37(40-32)29(26)34-18-25)23-8-9-28-24(16-23)10-11-33-28/h4-11,16-18,20,33H,12-15,19H2,1-3H3. The molecule has 1 aliphatic rings. The summed E-state index contributed by atoms with van der Waals surface area (Å²) in [4.78, 5) is 24.7. The van der Waals surface area contributed by atoms with Gasteiger partial charge in [-0.15, -0.1) is 0 Å². The summed E-state index contributed by atoms with van der Waals surface area (Å²) in [5.41, 5.74) is 7.51. The number of piperazine rings is 1. The molecule has 4 heterocycles. The van der Waals surface area contributed by atoms with Crippen molar-refractivity contribution in [1.82, 2.24) is 23.7 Å². The topological polar surface area (TPSA) is 66.4 Å². The van der Waals surface area contributed by atoms with E-state index in [9.17, 15) is 4.79 Å².